The van der Waals surface area contributed by atoms with Crippen LogP contribution in [0.4, 0.5) is 0 Å². The van der Waals surface area contributed by atoms with Gasteiger partial charge in [0, 0.05) is 20.9 Å². The van der Waals surface area contributed by atoms with Crippen molar-refractivity contribution in [2.45, 2.75) is 16.2 Å². The molecular formula is C26H20O2S. The summed E-state index contributed by atoms with van der Waals surface area (Å²) in [5.74, 6) is 0.0752. The van der Waals surface area contributed by atoms with Crippen molar-refractivity contribution in [2.24, 2.45) is 0 Å². The zero-order valence-corrected chi connectivity index (χ0v) is 16.6. The maximum absolute atomic E-state index is 12.2. The second-order valence-corrected chi connectivity index (χ2v) is 8.14. The third kappa shape index (κ3) is 4.25. The lowest BCUT2D eigenvalue weighted by atomic mass is 10.0. The van der Waals surface area contributed by atoms with Crippen molar-refractivity contribution in [1.82, 2.24) is 0 Å². The quantitative estimate of drug-likeness (QED) is 0.360. The first-order chi connectivity index (χ1) is 14.2. The van der Waals surface area contributed by atoms with Gasteiger partial charge in [0.2, 0.25) is 0 Å². The van der Waals surface area contributed by atoms with Crippen LogP contribution < -0.4 is 0 Å². The molecule has 4 aromatic carbocycles. The largest absolute Gasteiger partial charge is 0.289 e. The first-order valence-corrected chi connectivity index (χ1v) is 10.6. The molecule has 0 N–H and O–H groups in total. The van der Waals surface area contributed by atoms with Gasteiger partial charge in [0.1, 0.15) is 0 Å². The molecule has 0 spiro atoms. The zero-order valence-electron chi connectivity index (χ0n) is 15.8. The molecule has 142 valence electrons. The Morgan fingerprint density at radius 2 is 0.931 bits per heavy atom. The Kier molecular flexibility index (Phi) is 5.78. The highest BCUT2D eigenvalue weighted by molar-refractivity contribution is 7.85. The number of benzene rings is 4. The number of hydrogen-bond acceptors (Lipinski definition) is 2. The summed E-state index contributed by atoms with van der Waals surface area (Å²) in [5.41, 5.74) is 3.85. The fraction of sp³-hybridized carbons (Fsp3) is 0.0385. The molecule has 0 saturated heterocycles. The lowest BCUT2D eigenvalue weighted by Gasteiger charge is -2.18. The highest BCUT2D eigenvalue weighted by atomic mass is 32.2. The minimum atomic E-state index is -0.990. The Bertz CT molecular complexity index is 1060. The molecule has 1 aliphatic heterocycles. The summed E-state index contributed by atoms with van der Waals surface area (Å²) in [7, 11) is -0.990. The smallest absolute Gasteiger partial charge is 0.193 e. The number of ketones is 1. The molecule has 0 saturated carbocycles. The first kappa shape index (κ1) is 19.0. The van der Waals surface area contributed by atoms with E-state index < -0.39 is 10.8 Å². The van der Waals surface area contributed by atoms with Gasteiger partial charge in [-0.2, -0.15) is 0 Å². The van der Waals surface area contributed by atoms with Crippen molar-refractivity contribution in [1.29, 1.82) is 0 Å². The molecule has 0 unspecified atom stereocenters. The molecule has 1 aliphatic rings. The van der Waals surface area contributed by atoms with E-state index in [-0.39, 0.29) is 5.78 Å². The van der Waals surface area contributed by atoms with Crippen LogP contribution in [0, 0.1) is 0 Å². The molecule has 4 aromatic rings. The summed E-state index contributed by atoms with van der Waals surface area (Å²) in [4.78, 5) is 13.8. The normalized spacial score (nSPS) is 12.1. The molecule has 29 heavy (non-hydrogen) atoms. The Hall–Kier alpha value is -3.30. The van der Waals surface area contributed by atoms with Crippen molar-refractivity contribution in [3.63, 3.8) is 0 Å². The van der Waals surface area contributed by atoms with E-state index in [1.807, 2.05) is 97.1 Å². The number of rotatable bonds is 2. The van der Waals surface area contributed by atoms with Crippen LogP contribution in [0.15, 0.2) is 119 Å². The number of carbonyl (C=O) groups is 1. The lowest BCUT2D eigenvalue weighted by Crippen LogP contribution is -2.08. The van der Waals surface area contributed by atoms with Gasteiger partial charge < -0.3 is 0 Å². The highest BCUT2D eigenvalue weighted by Crippen LogP contribution is 2.30. The fourth-order valence-corrected chi connectivity index (χ4v) is 4.73. The van der Waals surface area contributed by atoms with Gasteiger partial charge in [-0.25, -0.2) is 4.21 Å². The number of fused-ring (bicyclic) bond motifs is 2. The van der Waals surface area contributed by atoms with Gasteiger partial charge in [0.05, 0.1) is 10.8 Å². The second kappa shape index (κ2) is 8.80. The summed E-state index contributed by atoms with van der Waals surface area (Å²) >= 11 is 0. The average molecular weight is 397 g/mol. The molecule has 1 heterocycles. The number of hydrogen-bond donors (Lipinski definition) is 0. The van der Waals surface area contributed by atoms with Gasteiger partial charge in [-0.05, 0) is 29.7 Å². The molecule has 2 nitrogen and oxygen atoms in total. The molecule has 0 fully saturated rings. The van der Waals surface area contributed by atoms with Crippen molar-refractivity contribution in [2.75, 3.05) is 0 Å². The summed E-state index contributed by atoms with van der Waals surface area (Å²) < 4.78 is 12.2. The molecule has 5 rings (SSSR count). The Labute approximate surface area is 173 Å². The van der Waals surface area contributed by atoms with E-state index in [9.17, 15) is 9.00 Å². The third-order valence-electron chi connectivity index (χ3n) is 4.80. The standard InChI is InChI=1S/C13H10OS.C13H10O/c14-15-12-7-3-1-5-10(12)9-11-6-2-4-8-13(11)15;14-13(11-7-3-1-4-8-11)12-9-5-2-6-10-12/h1-8H,9H2;1-10H. The predicted molar refractivity (Wildman–Crippen MR) is 117 cm³/mol. The van der Waals surface area contributed by atoms with E-state index in [0.29, 0.717) is 0 Å². The minimum Gasteiger partial charge on any atom is -0.289 e. The molecule has 0 radical (unpaired) electrons. The van der Waals surface area contributed by atoms with Gasteiger partial charge in [0.15, 0.2) is 5.78 Å². The van der Waals surface area contributed by atoms with Gasteiger partial charge in [0.25, 0.3) is 0 Å². The van der Waals surface area contributed by atoms with E-state index in [4.69, 9.17) is 0 Å². The molecule has 3 heteroatoms. The SMILES string of the molecule is O=C(c1ccccc1)c1ccccc1.O=S1c2ccccc2Cc2ccccc21. The highest BCUT2D eigenvalue weighted by Gasteiger charge is 2.20. The van der Waals surface area contributed by atoms with Crippen molar-refractivity contribution in [3.05, 3.63) is 131 Å². The van der Waals surface area contributed by atoms with Crippen LogP contribution in [0.2, 0.25) is 0 Å². The summed E-state index contributed by atoms with van der Waals surface area (Å²) in [6.45, 7) is 0. The average Bonchev–Trinajstić information content (AvgIpc) is 2.80. The van der Waals surface area contributed by atoms with Crippen LogP contribution in [-0.2, 0) is 17.2 Å². The Morgan fingerprint density at radius 1 is 0.552 bits per heavy atom. The fourth-order valence-electron chi connectivity index (χ4n) is 3.33. The summed E-state index contributed by atoms with van der Waals surface area (Å²) in [5, 5.41) is 0. The first-order valence-electron chi connectivity index (χ1n) is 9.46. The van der Waals surface area contributed by atoms with E-state index in [2.05, 4.69) is 12.1 Å². The maximum atomic E-state index is 12.2. The van der Waals surface area contributed by atoms with Crippen molar-refractivity contribution < 1.29 is 9.00 Å². The molecule has 0 aromatic heterocycles. The molecule has 0 aliphatic carbocycles. The summed E-state index contributed by atoms with van der Waals surface area (Å²) in [6, 6.07) is 34.6. The van der Waals surface area contributed by atoms with Gasteiger partial charge in [-0.1, -0.05) is 97.1 Å². The molecular weight excluding hydrogens is 376 g/mol. The van der Waals surface area contributed by atoms with Crippen LogP contribution in [0.3, 0.4) is 0 Å². The van der Waals surface area contributed by atoms with Crippen LogP contribution in [-0.4, -0.2) is 9.99 Å². The Morgan fingerprint density at radius 3 is 1.38 bits per heavy atom. The third-order valence-corrected chi connectivity index (χ3v) is 6.39. The van der Waals surface area contributed by atoms with Crippen molar-refractivity contribution >= 4 is 16.6 Å². The van der Waals surface area contributed by atoms with Crippen LogP contribution in [0.5, 0.6) is 0 Å². The van der Waals surface area contributed by atoms with Crippen LogP contribution in [0.1, 0.15) is 27.0 Å². The molecule has 0 amide bonds. The predicted octanol–water partition coefficient (Wildman–Crippen LogP) is 5.68. The molecule has 0 atom stereocenters. The van der Waals surface area contributed by atoms with E-state index >= 15 is 0 Å². The van der Waals surface area contributed by atoms with Gasteiger partial charge in [-0.15, -0.1) is 0 Å². The minimum absolute atomic E-state index is 0.0752. The monoisotopic (exact) mass is 396 g/mol. The van der Waals surface area contributed by atoms with Crippen molar-refractivity contribution in [3.8, 4) is 0 Å². The molecule has 0 bridgehead atoms. The number of carbonyl (C=O) groups excluding carboxylic acids is 1. The van der Waals surface area contributed by atoms with Crippen LogP contribution >= 0.6 is 0 Å². The van der Waals surface area contributed by atoms with E-state index in [0.717, 1.165) is 27.3 Å². The topological polar surface area (TPSA) is 34.1 Å². The Balaban J connectivity index is 0.000000142. The van der Waals surface area contributed by atoms with Crippen LogP contribution in [0.25, 0.3) is 0 Å². The lowest BCUT2D eigenvalue weighted by molar-refractivity contribution is 0.103. The van der Waals surface area contributed by atoms with Gasteiger partial charge in [-0.3, -0.25) is 4.79 Å². The van der Waals surface area contributed by atoms with E-state index in [1.54, 1.807) is 0 Å². The van der Waals surface area contributed by atoms with Gasteiger partial charge >= 0.3 is 0 Å². The van der Waals surface area contributed by atoms with E-state index in [1.165, 1.54) is 11.1 Å². The zero-order chi connectivity index (χ0) is 20.1. The second-order valence-electron chi connectivity index (χ2n) is 6.72. The maximum Gasteiger partial charge on any atom is 0.193 e. The summed E-state index contributed by atoms with van der Waals surface area (Å²) in [6.07, 6.45) is 0.901.